The third-order valence-corrected chi connectivity index (χ3v) is 5.41. The summed E-state index contributed by atoms with van der Waals surface area (Å²) >= 11 is 1.62. The number of carbonyl (C=O) groups excluding carboxylic acids is 1. The number of hydrogen-bond donors (Lipinski definition) is 0. The lowest BCUT2D eigenvalue weighted by Gasteiger charge is -2.23. The zero-order chi connectivity index (χ0) is 18.0. The number of carbonyl (C=O) groups is 1. The molecule has 3 rings (SSSR count). The highest BCUT2D eigenvalue weighted by atomic mass is 32.1. The highest BCUT2D eigenvalue weighted by Gasteiger charge is 2.21. The average molecular weight is 354 g/mol. The zero-order valence-electron chi connectivity index (χ0n) is 14.9. The van der Waals surface area contributed by atoms with E-state index in [1.54, 1.807) is 23.3 Å². The van der Waals surface area contributed by atoms with Crippen molar-refractivity contribution >= 4 is 27.5 Å². The van der Waals surface area contributed by atoms with Gasteiger partial charge in [0.05, 0.1) is 16.3 Å². The van der Waals surface area contributed by atoms with Crippen LogP contribution in [0.2, 0.25) is 0 Å². The lowest BCUT2D eigenvalue weighted by molar-refractivity contribution is -0.134. The van der Waals surface area contributed by atoms with Crippen molar-refractivity contribution in [1.29, 1.82) is 0 Å². The Morgan fingerprint density at radius 2 is 1.88 bits per heavy atom. The Morgan fingerprint density at radius 1 is 1.20 bits per heavy atom. The van der Waals surface area contributed by atoms with Gasteiger partial charge in [0.2, 0.25) is 0 Å². The SMILES string of the molecule is Cc1cc(C)cc(OCC(=O)N(C)C(C)c2nc3ccccc3s2)c1. The number of benzene rings is 2. The van der Waals surface area contributed by atoms with Crippen LogP contribution in [-0.4, -0.2) is 29.4 Å². The second-order valence-electron chi connectivity index (χ2n) is 6.31. The van der Waals surface area contributed by atoms with Crippen LogP contribution in [0.3, 0.4) is 0 Å². The van der Waals surface area contributed by atoms with E-state index in [9.17, 15) is 4.79 Å². The van der Waals surface area contributed by atoms with Gasteiger partial charge < -0.3 is 9.64 Å². The van der Waals surface area contributed by atoms with Gasteiger partial charge in [-0.05, 0) is 56.2 Å². The Morgan fingerprint density at radius 3 is 2.56 bits per heavy atom. The molecule has 1 heterocycles. The summed E-state index contributed by atoms with van der Waals surface area (Å²) in [7, 11) is 1.80. The smallest absolute Gasteiger partial charge is 0.260 e. The molecule has 0 spiro atoms. The molecule has 0 aliphatic heterocycles. The molecule has 130 valence electrons. The van der Waals surface area contributed by atoms with Gasteiger partial charge in [-0.2, -0.15) is 0 Å². The maximum Gasteiger partial charge on any atom is 0.260 e. The van der Waals surface area contributed by atoms with Crippen molar-refractivity contribution in [3.63, 3.8) is 0 Å². The Kier molecular flexibility index (Phi) is 5.04. The Labute approximate surface area is 152 Å². The summed E-state index contributed by atoms with van der Waals surface area (Å²) in [5.74, 6) is 0.665. The van der Waals surface area contributed by atoms with E-state index in [1.165, 1.54) is 0 Å². The molecule has 1 unspecified atom stereocenters. The minimum atomic E-state index is -0.0901. The van der Waals surface area contributed by atoms with Crippen LogP contribution >= 0.6 is 11.3 Å². The zero-order valence-corrected chi connectivity index (χ0v) is 15.8. The molecule has 0 aliphatic rings. The van der Waals surface area contributed by atoms with Gasteiger partial charge in [0.1, 0.15) is 10.8 Å². The van der Waals surface area contributed by atoms with Crippen LogP contribution in [-0.2, 0) is 4.79 Å². The number of ether oxygens (including phenoxy) is 1. The van der Waals surface area contributed by atoms with Gasteiger partial charge in [0, 0.05) is 7.05 Å². The predicted molar refractivity (Wildman–Crippen MR) is 102 cm³/mol. The molecule has 4 nitrogen and oxygen atoms in total. The molecule has 1 atom stereocenters. The van der Waals surface area contributed by atoms with Crippen LogP contribution in [0.25, 0.3) is 10.2 Å². The summed E-state index contributed by atoms with van der Waals surface area (Å²) in [4.78, 5) is 18.8. The number of hydrogen-bond acceptors (Lipinski definition) is 4. The standard InChI is InChI=1S/C20H22N2O2S/c1-13-9-14(2)11-16(10-13)24-12-19(23)22(4)15(3)20-21-17-7-5-6-8-18(17)25-20/h5-11,15H,12H2,1-4H3. The molecule has 0 N–H and O–H groups in total. The number of amides is 1. The number of para-hydroxylation sites is 1. The highest BCUT2D eigenvalue weighted by molar-refractivity contribution is 7.18. The van der Waals surface area contributed by atoms with E-state index in [-0.39, 0.29) is 18.6 Å². The first-order valence-electron chi connectivity index (χ1n) is 8.26. The molecule has 2 aromatic carbocycles. The van der Waals surface area contributed by atoms with Gasteiger partial charge in [-0.3, -0.25) is 4.79 Å². The number of rotatable bonds is 5. The summed E-state index contributed by atoms with van der Waals surface area (Å²) in [5, 5.41) is 0.934. The fourth-order valence-corrected chi connectivity index (χ4v) is 3.78. The first-order valence-corrected chi connectivity index (χ1v) is 9.08. The summed E-state index contributed by atoms with van der Waals surface area (Å²) < 4.78 is 6.82. The quantitative estimate of drug-likeness (QED) is 0.677. The van der Waals surface area contributed by atoms with Crippen LogP contribution in [0.1, 0.15) is 29.1 Å². The third-order valence-electron chi connectivity index (χ3n) is 4.20. The lowest BCUT2D eigenvalue weighted by atomic mass is 10.1. The van der Waals surface area contributed by atoms with Crippen molar-refractivity contribution < 1.29 is 9.53 Å². The predicted octanol–water partition coefficient (Wildman–Crippen LogP) is 4.51. The summed E-state index contributed by atoms with van der Waals surface area (Å²) in [6, 6.07) is 13.9. The molecule has 5 heteroatoms. The maximum atomic E-state index is 12.5. The van der Waals surface area contributed by atoms with Crippen molar-refractivity contribution in [2.75, 3.05) is 13.7 Å². The number of thiazole rings is 1. The van der Waals surface area contributed by atoms with E-state index in [0.29, 0.717) is 0 Å². The van der Waals surface area contributed by atoms with E-state index < -0.39 is 0 Å². The van der Waals surface area contributed by atoms with Gasteiger partial charge in [0.25, 0.3) is 5.91 Å². The number of nitrogens with zero attached hydrogens (tertiary/aromatic N) is 2. The molecular formula is C20H22N2O2S. The molecular weight excluding hydrogens is 332 g/mol. The second kappa shape index (κ2) is 7.23. The minimum Gasteiger partial charge on any atom is -0.484 e. The first-order chi connectivity index (χ1) is 11.9. The lowest BCUT2D eigenvalue weighted by Crippen LogP contribution is -2.33. The van der Waals surface area contributed by atoms with Gasteiger partial charge in [0.15, 0.2) is 6.61 Å². The number of likely N-dealkylation sites (N-methyl/N-ethyl adjacent to an activating group) is 1. The molecule has 0 bridgehead atoms. The van der Waals surface area contributed by atoms with Crippen molar-refractivity contribution in [2.45, 2.75) is 26.8 Å². The summed E-state index contributed by atoms with van der Waals surface area (Å²) in [5.41, 5.74) is 3.22. The fraction of sp³-hybridized carbons (Fsp3) is 0.300. The normalized spacial score (nSPS) is 12.2. The third kappa shape index (κ3) is 3.99. The summed E-state index contributed by atoms with van der Waals surface area (Å²) in [6.07, 6.45) is 0. The molecule has 25 heavy (non-hydrogen) atoms. The first kappa shape index (κ1) is 17.4. The van der Waals surface area contributed by atoms with Gasteiger partial charge in [-0.25, -0.2) is 4.98 Å². The van der Waals surface area contributed by atoms with E-state index in [4.69, 9.17) is 4.74 Å². The Hall–Kier alpha value is -2.40. The molecule has 1 aromatic heterocycles. The van der Waals surface area contributed by atoms with E-state index in [2.05, 4.69) is 11.1 Å². The number of aromatic nitrogens is 1. The monoisotopic (exact) mass is 354 g/mol. The maximum absolute atomic E-state index is 12.5. The largest absolute Gasteiger partial charge is 0.484 e. The van der Waals surface area contributed by atoms with Gasteiger partial charge in [-0.1, -0.05) is 18.2 Å². The van der Waals surface area contributed by atoms with Crippen LogP contribution in [0, 0.1) is 13.8 Å². The number of aryl methyl sites for hydroxylation is 2. The molecule has 3 aromatic rings. The fourth-order valence-electron chi connectivity index (χ4n) is 2.71. The summed E-state index contributed by atoms with van der Waals surface area (Å²) in [6.45, 7) is 6.05. The van der Waals surface area contributed by atoms with Crippen LogP contribution in [0.15, 0.2) is 42.5 Å². The van der Waals surface area contributed by atoms with Crippen molar-refractivity contribution in [2.24, 2.45) is 0 Å². The van der Waals surface area contributed by atoms with Crippen LogP contribution in [0.5, 0.6) is 5.75 Å². The Balaban J connectivity index is 1.66. The van der Waals surface area contributed by atoms with E-state index in [1.807, 2.05) is 57.2 Å². The molecule has 0 radical (unpaired) electrons. The van der Waals surface area contributed by atoms with Crippen LogP contribution in [0.4, 0.5) is 0 Å². The van der Waals surface area contributed by atoms with Crippen molar-refractivity contribution in [1.82, 2.24) is 9.88 Å². The molecule has 1 amide bonds. The Bertz CT molecular complexity index is 850. The highest BCUT2D eigenvalue weighted by Crippen LogP contribution is 2.28. The van der Waals surface area contributed by atoms with Crippen molar-refractivity contribution in [3.05, 3.63) is 58.6 Å². The molecule has 0 saturated heterocycles. The van der Waals surface area contributed by atoms with Crippen LogP contribution < -0.4 is 4.74 Å². The average Bonchev–Trinajstić information content (AvgIpc) is 3.01. The second-order valence-corrected chi connectivity index (χ2v) is 7.37. The molecule has 0 aliphatic carbocycles. The van der Waals surface area contributed by atoms with Gasteiger partial charge in [-0.15, -0.1) is 11.3 Å². The van der Waals surface area contributed by atoms with E-state index >= 15 is 0 Å². The van der Waals surface area contributed by atoms with E-state index in [0.717, 1.165) is 32.1 Å². The van der Waals surface area contributed by atoms with Crippen molar-refractivity contribution in [3.8, 4) is 5.75 Å². The molecule has 0 saturated carbocycles. The number of fused-ring (bicyclic) bond motifs is 1. The van der Waals surface area contributed by atoms with Gasteiger partial charge >= 0.3 is 0 Å². The topological polar surface area (TPSA) is 42.4 Å². The minimum absolute atomic E-state index is 0.0224. The molecule has 0 fully saturated rings.